The van der Waals surface area contributed by atoms with Gasteiger partial charge >= 0.3 is 0 Å². The van der Waals surface area contributed by atoms with Gasteiger partial charge in [0.15, 0.2) is 0 Å². The fourth-order valence-electron chi connectivity index (χ4n) is 11.4. The van der Waals surface area contributed by atoms with Gasteiger partial charge in [-0.15, -0.1) is 12.4 Å². The molecule has 2 amide bonds. The predicted molar refractivity (Wildman–Crippen MR) is 260 cm³/mol. The monoisotopic (exact) mass is 871 g/mol. The topological polar surface area (TPSA) is 53.6 Å². The van der Waals surface area contributed by atoms with E-state index in [-0.39, 0.29) is 24.2 Å². The molecule has 0 atom stereocenters. The average Bonchev–Trinajstić information content (AvgIpc) is 3.82. The highest BCUT2D eigenvalue weighted by Gasteiger charge is 2.33. The Labute approximate surface area is 384 Å². The minimum Gasteiger partial charge on any atom is -0.340 e. The number of benzene rings is 4. The van der Waals surface area contributed by atoms with Crippen molar-refractivity contribution in [3.63, 3.8) is 0 Å². The lowest BCUT2D eigenvalue weighted by molar-refractivity contribution is -0.134. The summed E-state index contributed by atoms with van der Waals surface area (Å²) in [5.41, 5.74) is 10.5. The molecule has 63 heavy (non-hydrogen) atoms. The maximum Gasteiger partial charge on any atom is 0.223 e. The Hall–Kier alpha value is -4.05. The Balaban J connectivity index is 0.000000170. The molecule has 336 valence electrons. The van der Waals surface area contributed by atoms with Crippen LogP contribution in [0.2, 0.25) is 0 Å². The lowest BCUT2D eigenvalue weighted by Crippen LogP contribution is -2.49. The van der Waals surface area contributed by atoms with Crippen molar-refractivity contribution in [1.82, 2.24) is 29.4 Å². The summed E-state index contributed by atoms with van der Waals surface area (Å²) in [5.74, 6) is 1.01. The summed E-state index contributed by atoms with van der Waals surface area (Å²) < 4.78 is 0. The van der Waals surface area contributed by atoms with Crippen LogP contribution in [-0.2, 0) is 9.59 Å². The molecule has 0 aromatic heterocycles. The third-order valence-corrected chi connectivity index (χ3v) is 14.9. The predicted octanol–water partition coefficient (Wildman–Crippen LogP) is 8.84. The van der Waals surface area contributed by atoms with E-state index in [1.165, 1.54) is 148 Å². The Morgan fingerprint density at radius 3 is 0.937 bits per heavy atom. The molecule has 0 radical (unpaired) electrons. The van der Waals surface area contributed by atoms with Crippen LogP contribution in [0.3, 0.4) is 0 Å². The molecule has 4 aromatic carbocycles. The molecule has 4 aromatic rings. The molecule has 9 heteroatoms. The van der Waals surface area contributed by atoms with Crippen molar-refractivity contribution in [1.29, 1.82) is 0 Å². The lowest BCUT2D eigenvalue weighted by Gasteiger charge is -2.36. The number of carbonyl (C=O) groups is 2. The van der Waals surface area contributed by atoms with Crippen LogP contribution in [0.5, 0.6) is 0 Å². The van der Waals surface area contributed by atoms with Crippen LogP contribution < -0.4 is 0 Å². The van der Waals surface area contributed by atoms with Crippen LogP contribution in [0.25, 0.3) is 22.3 Å². The number of nitrogens with zero attached hydrogens (tertiary/aromatic N) is 6. The minimum atomic E-state index is 0. The summed E-state index contributed by atoms with van der Waals surface area (Å²) in [6.45, 7) is 17.5. The first-order valence-corrected chi connectivity index (χ1v) is 24.4. The molecule has 0 saturated carbocycles. The van der Waals surface area contributed by atoms with Crippen LogP contribution in [0.1, 0.15) is 98.3 Å². The third kappa shape index (κ3) is 11.1. The number of rotatable bonds is 12. The van der Waals surface area contributed by atoms with Crippen molar-refractivity contribution < 1.29 is 9.59 Å². The highest BCUT2D eigenvalue weighted by atomic mass is 35.5. The van der Waals surface area contributed by atoms with E-state index in [9.17, 15) is 9.59 Å². The summed E-state index contributed by atoms with van der Waals surface area (Å²) in [5, 5.41) is 0. The maximum atomic E-state index is 13.2. The quantitative estimate of drug-likeness (QED) is 0.142. The molecule has 0 unspecified atom stereocenters. The largest absolute Gasteiger partial charge is 0.340 e. The van der Waals surface area contributed by atoms with Gasteiger partial charge in [0.2, 0.25) is 11.8 Å². The van der Waals surface area contributed by atoms with Gasteiger partial charge in [-0.2, -0.15) is 0 Å². The summed E-state index contributed by atoms with van der Waals surface area (Å²) in [4.78, 5) is 41.0. The third-order valence-electron chi connectivity index (χ3n) is 14.9. The smallest absolute Gasteiger partial charge is 0.223 e. The lowest BCUT2D eigenvalue weighted by atomic mass is 9.93. The minimum absolute atomic E-state index is 0. The number of likely N-dealkylation sites (tertiary alicyclic amines) is 2. The molecule has 6 aliphatic rings. The van der Waals surface area contributed by atoms with Crippen molar-refractivity contribution in [2.45, 2.75) is 76.0 Å². The number of piperazine rings is 2. The average molecular weight is 872 g/mol. The van der Waals surface area contributed by atoms with Gasteiger partial charge in [-0.05, 0) is 135 Å². The molecule has 0 bridgehead atoms. The van der Waals surface area contributed by atoms with E-state index in [4.69, 9.17) is 0 Å². The van der Waals surface area contributed by atoms with Crippen LogP contribution in [0, 0.1) is 0 Å². The summed E-state index contributed by atoms with van der Waals surface area (Å²) in [6.07, 6.45) is 12.0. The van der Waals surface area contributed by atoms with Crippen LogP contribution >= 0.6 is 12.4 Å². The van der Waals surface area contributed by atoms with Gasteiger partial charge in [-0.3, -0.25) is 19.4 Å². The van der Waals surface area contributed by atoms with Gasteiger partial charge in [-0.25, -0.2) is 0 Å². The van der Waals surface area contributed by atoms with Crippen molar-refractivity contribution in [2.24, 2.45) is 0 Å². The number of piperidine rings is 2. The highest BCUT2D eigenvalue weighted by Crippen LogP contribution is 2.47. The summed E-state index contributed by atoms with van der Waals surface area (Å²) in [7, 11) is 0. The second-order valence-electron chi connectivity index (χ2n) is 18.8. The molecular formula is C54H71ClN6O2. The Morgan fingerprint density at radius 2 is 0.635 bits per heavy atom. The fraction of sp³-hybridized carbons (Fsp3) is 0.519. The highest BCUT2D eigenvalue weighted by molar-refractivity contribution is 5.86. The molecule has 4 fully saturated rings. The molecule has 10 rings (SSSR count). The first-order chi connectivity index (χ1) is 30.6. The fourth-order valence-corrected chi connectivity index (χ4v) is 11.4. The van der Waals surface area contributed by atoms with Gasteiger partial charge in [-0.1, -0.05) is 110 Å². The number of amides is 2. The van der Waals surface area contributed by atoms with Gasteiger partial charge in [0.1, 0.15) is 0 Å². The molecule has 2 aliphatic carbocycles. The van der Waals surface area contributed by atoms with Crippen molar-refractivity contribution in [2.75, 3.05) is 105 Å². The van der Waals surface area contributed by atoms with E-state index in [1.54, 1.807) is 0 Å². The molecule has 4 saturated heterocycles. The number of hydrogen-bond acceptors (Lipinski definition) is 6. The van der Waals surface area contributed by atoms with Gasteiger partial charge < -0.3 is 19.6 Å². The summed E-state index contributed by atoms with van der Waals surface area (Å²) >= 11 is 0. The van der Waals surface area contributed by atoms with Gasteiger partial charge in [0, 0.05) is 77.0 Å². The molecule has 4 aliphatic heterocycles. The Kier molecular flexibility index (Phi) is 16.1. The second kappa shape index (κ2) is 22.2. The summed E-state index contributed by atoms with van der Waals surface area (Å²) in [6, 6.07) is 34.4. The number of carbonyl (C=O) groups excluding carboxylic acids is 2. The van der Waals surface area contributed by atoms with E-state index >= 15 is 0 Å². The standard InChI is InChI=1S/2C27H35N3O.ClH/c2*31-27(21-26-24-11-4-2-9-22(24)23-10-3-5-12-25(23)26)30-19-17-29(18-20-30)16-8-15-28-13-6-1-7-14-28;/h2*2-5,9-12,26H,1,6-8,13-21H2;1H. The van der Waals surface area contributed by atoms with Gasteiger partial charge in [0.05, 0.1) is 0 Å². The molecular weight excluding hydrogens is 800 g/mol. The van der Waals surface area contributed by atoms with E-state index < -0.39 is 0 Å². The Bertz CT molecular complexity index is 1860. The molecule has 0 spiro atoms. The van der Waals surface area contributed by atoms with E-state index in [2.05, 4.69) is 126 Å². The first kappa shape index (κ1) is 45.5. The zero-order valence-electron chi connectivity index (χ0n) is 37.7. The second-order valence-corrected chi connectivity index (χ2v) is 18.8. The number of halogens is 1. The van der Waals surface area contributed by atoms with Crippen LogP contribution in [0.4, 0.5) is 0 Å². The zero-order valence-corrected chi connectivity index (χ0v) is 38.5. The first-order valence-electron chi connectivity index (χ1n) is 24.4. The van der Waals surface area contributed by atoms with Crippen molar-refractivity contribution in [3.05, 3.63) is 119 Å². The zero-order chi connectivity index (χ0) is 42.1. The molecule has 0 N–H and O–H groups in total. The SMILES string of the molecule is Cl.O=C(CC1c2ccccc2-c2ccccc21)N1CCN(CCCN2CCCCC2)CC1.O=C(CC1c2ccccc2-c2ccccc21)N1CCN(CCCN2CCCCC2)CC1. The van der Waals surface area contributed by atoms with Gasteiger partial charge in [0.25, 0.3) is 0 Å². The maximum absolute atomic E-state index is 13.2. The number of hydrogen-bond donors (Lipinski definition) is 0. The van der Waals surface area contributed by atoms with E-state index in [0.717, 1.165) is 52.4 Å². The van der Waals surface area contributed by atoms with E-state index in [1.807, 2.05) is 0 Å². The van der Waals surface area contributed by atoms with Crippen LogP contribution in [0.15, 0.2) is 97.1 Å². The Morgan fingerprint density at radius 1 is 0.365 bits per heavy atom. The van der Waals surface area contributed by atoms with Crippen LogP contribution in [-0.4, -0.2) is 146 Å². The van der Waals surface area contributed by atoms with Crippen molar-refractivity contribution >= 4 is 24.2 Å². The molecule has 8 nitrogen and oxygen atoms in total. The number of fused-ring (bicyclic) bond motifs is 6. The molecule has 4 heterocycles. The van der Waals surface area contributed by atoms with E-state index in [0.29, 0.717) is 24.7 Å². The van der Waals surface area contributed by atoms with Crippen molar-refractivity contribution in [3.8, 4) is 22.3 Å². The normalized spacial score (nSPS) is 19.6.